The Morgan fingerprint density at radius 1 is 0.582 bits per heavy atom. The number of esters is 2. The third-order valence-corrected chi connectivity index (χ3v) is 9.66. The number of hydrogen-bond acceptors (Lipinski definition) is 8. The van der Waals surface area contributed by atoms with Gasteiger partial charge in [-0.25, -0.2) is 4.57 Å². The summed E-state index contributed by atoms with van der Waals surface area (Å²) in [6, 6.07) is 0. The highest BCUT2D eigenvalue weighted by Gasteiger charge is 2.26. The number of rotatable bonds is 39. The number of allylic oxidation sites excluding steroid dienone is 12. The van der Waals surface area contributed by atoms with E-state index in [4.69, 9.17) is 24.3 Å². The van der Waals surface area contributed by atoms with Crippen molar-refractivity contribution in [2.45, 2.75) is 174 Å². The van der Waals surface area contributed by atoms with Crippen LogP contribution in [0.4, 0.5) is 0 Å². The first-order chi connectivity index (χ1) is 26.8. The van der Waals surface area contributed by atoms with Crippen LogP contribution >= 0.6 is 7.82 Å². The van der Waals surface area contributed by atoms with Crippen molar-refractivity contribution < 1.29 is 37.6 Å². The summed E-state index contributed by atoms with van der Waals surface area (Å²) in [7, 11) is -4.39. The van der Waals surface area contributed by atoms with Crippen molar-refractivity contribution in [3.63, 3.8) is 0 Å². The van der Waals surface area contributed by atoms with E-state index in [-0.39, 0.29) is 32.6 Å². The summed E-state index contributed by atoms with van der Waals surface area (Å²) in [5, 5.41) is 0. The van der Waals surface area contributed by atoms with Gasteiger partial charge in [-0.2, -0.15) is 0 Å². The second-order valence-electron chi connectivity index (χ2n) is 13.9. The largest absolute Gasteiger partial charge is 0.472 e. The van der Waals surface area contributed by atoms with E-state index in [2.05, 4.69) is 56.4 Å². The lowest BCUT2D eigenvalue weighted by molar-refractivity contribution is -0.161. The molecule has 0 spiro atoms. The molecule has 0 aromatic heterocycles. The Labute approximate surface area is 335 Å². The van der Waals surface area contributed by atoms with Crippen LogP contribution in [-0.2, 0) is 32.7 Å². The van der Waals surface area contributed by atoms with Gasteiger partial charge in [-0.15, -0.1) is 0 Å². The van der Waals surface area contributed by atoms with Gasteiger partial charge in [0.1, 0.15) is 6.61 Å². The Hall–Kier alpha value is -2.55. The maximum atomic E-state index is 12.6. The maximum absolute atomic E-state index is 12.6. The molecule has 10 heteroatoms. The number of unbranched alkanes of at least 4 members (excludes halogenated alkanes) is 17. The summed E-state index contributed by atoms with van der Waals surface area (Å²) < 4.78 is 32.7. The minimum Gasteiger partial charge on any atom is -0.462 e. The fourth-order valence-electron chi connectivity index (χ4n) is 5.50. The molecule has 9 nitrogen and oxygen atoms in total. The molecule has 3 N–H and O–H groups in total. The molecule has 0 amide bonds. The molecule has 0 heterocycles. The van der Waals surface area contributed by atoms with Crippen molar-refractivity contribution in [2.75, 3.05) is 26.4 Å². The molecule has 0 bridgehead atoms. The van der Waals surface area contributed by atoms with Crippen molar-refractivity contribution in [3.05, 3.63) is 72.9 Å². The Balaban J connectivity index is 4.20. The molecule has 1 unspecified atom stereocenters. The lowest BCUT2D eigenvalue weighted by Gasteiger charge is -2.19. The van der Waals surface area contributed by atoms with Crippen molar-refractivity contribution >= 4 is 19.8 Å². The molecular weight excluding hydrogens is 713 g/mol. The van der Waals surface area contributed by atoms with Crippen LogP contribution in [-0.4, -0.2) is 49.3 Å². The number of phosphoric acid groups is 1. The highest BCUT2D eigenvalue weighted by atomic mass is 31.2. The molecule has 0 aromatic rings. The van der Waals surface area contributed by atoms with E-state index < -0.39 is 32.5 Å². The first-order valence-corrected chi connectivity index (χ1v) is 23.0. The molecule has 55 heavy (non-hydrogen) atoms. The SMILES string of the molecule is CC/C=C/C=C/C=C/C=C/CCCCCCCC(=O)OC[C@H](COP(=O)(O)OCCN)OC(=O)CCCCCCCCCCC/C=C/C/C=C/CCCCC. The molecule has 2 atom stereocenters. The van der Waals surface area contributed by atoms with Gasteiger partial charge in [0.15, 0.2) is 6.10 Å². The van der Waals surface area contributed by atoms with Crippen LogP contribution in [0.5, 0.6) is 0 Å². The maximum Gasteiger partial charge on any atom is 0.472 e. The predicted molar refractivity (Wildman–Crippen MR) is 229 cm³/mol. The molecule has 0 aromatic carbocycles. The molecule has 0 aliphatic carbocycles. The fraction of sp³-hybridized carbons (Fsp3) is 0.689. The van der Waals surface area contributed by atoms with Crippen LogP contribution in [0.2, 0.25) is 0 Å². The van der Waals surface area contributed by atoms with Crippen molar-refractivity contribution in [1.29, 1.82) is 0 Å². The van der Waals surface area contributed by atoms with Crippen molar-refractivity contribution in [2.24, 2.45) is 5.73 Å². The number of hydrogen-bond donors (Lipinski definition) is 2. The number of ether oxygens (including phenoxy) is 2. The summed E-state index contributed by atoms with van der Waals surface area (Å²) in [5.74, 6) is -0.866. The molecule has 0 rings (SSSR count). The smallest absolute Gasteiger partial charge is 0.462 e. The Morgan fingerprint density at radius 2 is 1.07 bits per heavy atom. The van der Waals surface area contributed by atoms with Crippen LogP contribution in [0.25, 0.3) is 0 Å². The van der Waals surface area contributed by atoms with Gasteiger partial charge >= 0.3 is 19.8 Å². The van der Waals surface area contributed by atoms with E-state index in [0.29, 0.717) is 12.8 Å². The molecule has 0 fully saturated rings. The van der Waals surface area contributed by atoms with E-state index >= 15 is 0 Å². The highest BCUT2D eigenvalue weighted by molar-refractivity contribution is 7.47. The van der Waals surface area contributed by atoms with Gasteiger partial charge in [0.2, 0.25) is 0 Å². The third kappa shape index (κ3) is 40.9. The van der Waals surface area contributed by atoms with E-state index in [9.17, 15) is 19.0 Å². The first-order valence-electron chi connectivity index (χ1n) is 21.5. The van der Waals surface area contributed by atoms with Gasteiger partial charge < -0.3 is 20.1 Å². The zero-order valence-corrected chi connectivity index (χ0v) is 35.5. The van der Waals surface area contributed by atoms with Gasteiger partial charge in [0.25, 0.3) is 0 Å². The lowest BCUT2D eigenvalue weighted by Crippen LogP contribution is -2.29. The lowest BCUT2D eigenvalue weighted by atomic mass is 10.1. The Kier molecular flexibility index (Phi) is 39.2. The Bertz CT molecular complexity index is 1130. The quantitative estimate of drug-likeness (QED) is 0.0205. The molecular formula is C45H78NO8P. The van der Waals surface area contributed by atoms with Crippen LogP contribution in [0.1, 0.15) is 168 Å². The van der Waals surface area contributed by atoms with Crippen LogP contribution in [0.15, 0.2) is 72.9 Å². The number of phosphoric ester groups is 1. The van der Waals surface area contributed by atoms with Gasteiger partial charge in [0, 0.05) is 19.4 Å². The standard InChI is InChI=1S/C45H78NO8P/c1-3-5-7-9-11-13-15-17-19-20-21-22-24-26-28-30-32-34-36-38-45(48)54-43(42-53-55(49,50)52-40-39-46)41-51-44(47)37-35-33-31-29-27-25-23-18-16-14-12-10-8-6-4-2/h6,8,10-14,16-19,23,43H,3-5,7,9,15,20-22,24-42,46H2,1-2H3,(H,49,50)/b8-6+,12-10+,13-11+,16-14+,19-17+,23-18+/t43-/m1/s1. The molecule has 316 valence electrons. The molecule has 0 aliphatic rings. The average Bonchev–Trinajstić information content (AvgIpc) is 3.17. The van der Waals surface area contributed by atoms with Crippen molar-refractivity contribution in [1.82, 2.24) is 0 Å². The van der Waals surface area contributed by atoms with Gasteiger partial charge in [-0.05, 0) is 64.2 Å². The minimum absolute atomic E-state index is 0.0454. The van der Waals surface area contributed by atoms with Gasteiger partial charge in [0.05, 0.1) is 13.2 Å². The summed E-state index contributed by atoms with van der Waals surface area (Å²) in [6.45, 7) is 3.52. The summed E-state index contributed by atoms with van der Waals surface area (Å²) in [5.41, 5.74) is 5.34. The minimum atomic E-state index is -4.39. The third-order valence-electron chi connectivity index (χ3n) is 8.67. The molecule has 0 saturated carbocycles. The molecule has 0 saturated heterocycles. The summed E-state index contributed by atoms with van der Waals surface area (Å²) in [6.07, 6.45) is 49.3. The Morgan fingerprint density at radius 3 is 1.64 bits per heavy atom. The van der Waals surface area contributed by atoms with E-state index in [1.807, 2.05) is 30.4 Å². The van der Waals surface area contributed by atoms with Crippen LogP contribution in [0.3, 0.4) is 0 Å². The van der Waals surface area contributed by atoms with Gasteiger partial charge in [-0.1, -0.05) is 164 Å². The van der Waals surface area contributed by atoms with E-state index in [0.717, 1.165) is 70.6 Å². The number of carbonyl (C=O) groups is 2. The predicted octanol–water partition coefficient (Wildman–Crippen LogP) is 12.3. The highest BCUT2D eigenvalue weighted by Crippen LogP contribution is 2.43. The second kappa shape index (κ2) is 41.1. The molecule has 0 radical (unpaired) electrons. The van der Waals surface area contributed by atoms with Crippen LogP contribution < -0.4 is 5.73 Å². The normalized spacial score (nSPS) is 14.0. The van der Waals surface area contributed by atoms with Gasteiger partial charge in [-0.3, -0.25) is 18.6 Å². The number of carbonyl (C=O) groups excluding carboxylic acids is 2. The van der Waals surface area contributed by atoms with E-state index in [1.54, 1.807) is 0 Å². The van der Waals surface area contributed by atoms with Crippen molar-refractivity contribution in [3.8, 4) is 0 Å². The zero-order valence-electron chi connectivity index (χ0n) is 34.6. The molecule has 0 aliphatic heterocycles. The topological polar surface area (TPSA) is 134 Å². The van der Waals surface area contributed by atoms with E-state index in [1.165, 1.54) is 57.8 Å². The monoisotopic (exact) mass is 792 g/mol. The number of nitrogens with two attached hydrogens (primary N) is 1. The zero-order chi connectivity index (χ0) is 40.3. The summed E-state index contributed by atoms with van der Waals surface area (Å²) >= 11 is 0. The summed E-state index contributed by atoms with van der Waals surface area (Å²) in [4.78, 5) is 34.9. The fourth-order valence-corrected chi connectivity index (χ4v) is 6.26. The van der Waals surface area contributed by atoms with Crippen LogP contribution in [0, 0.1) is 0 Å². The first kappa shape index (κ1) is 52.5. The average molecular weight is 792 g/mol. The second-order valence-corrected chi connectivity index (χ2v) is 15.4.